The molecular weight excluding hydrogens is 180 g/mol. The highest BCUT2D eigenvalue weighted by molar-refractivity contribution is 6.20. The second kappa shape index (κ2) is 4.03. The zero-order chi connectivity index (χ0) is 10.9. The van der Waals surface area contributed by atoms with E-state index in [9.17, 15) is 14.4 Å². The number of ketones is 3. The third kappa shape index (κ3) is 2.08. The van der Waals surface area contributed by atoms with Crippen molar-refractivity contribution in [3.63, 3.8) is 0 Å². The fourth-order valence-corrected chi connectivity index (χ4v) is 1.93. The third-order valence-electron chi connectivity index (χ3n) is 2.92. The van der Waals surface area contributed by atoms with Gasteiger partial charge in [0.1, 0.15) is 11.7 Å². The minimum Gasteiger partial charge on any atom is -0.299 e. The molecule has 0 unspecified atom stereocenters. The number of Topliss-reactive ketones (excluding diaryl/α,β-unsaturated/α-hetero) is 3. The van der Waals surface area contributed by atoms with E-state index in [0.29, 0.717) is 18.8 Å². The van der Waals surface area contributed by atoms with Gasteiger partial charge in [-0.1, -0.05) is 13.8 Å². The molecule has 0 aliphatic heterocycles. The first-order chi connectivity index (χ1) is 6.43. The Bertz CT molecular complexity index is 260. The van der Waals surface area contributed by atoms with Crippen LogP contribution in [0.25, 0.3) is 0 Å². The van der Waals surface area contributed by atoms with E-state index >= 15 is 0 Å². The molecule has 0 atom stereocenters. The van der Waals surface area contributed by atoms with Crippen LogP contribution in [0.3, 0.4) is 0 Å². The van der Waals surface area contributed by atoms with Crippen LogP contribution in [-0.2, 0) is 14.4 Å². The predicted molar refractivity (Wildman–Crippen MR) is 51.7 cm³/mol. The largest absolute Gasteiger partial charge is 0.299 e. The first-order valence-electron chi connectivity index (χ1n) is 4.99. The molecule has 1 aliphatic rings. The van der Waals surface area contributed by atoms with Gasteiger partial charge in [0.2, 0.25) is 0 Å². The van der Waals surface area contributed by atoms with Crippen molar-refractivity contribution in [3.05, 3.63) is 0 Å². The number of hydrogen-bond acceptors (Lipinski definition) is 3. The second-order valence-corrected chi connectivity index (χ2v) is 4.39. The van der Waals surface area contributed by atoms with E-state index < -0.39 is 5.92 Å². The Balaban J connectivity index is 2.78. The molecule has 1 rings (SSSR count). The molecule has 0 radical (unpaired) electrons. The lowest BCUT2D eigenvalue weighted by Gasteiger charge is -2.27. The maximum Gasteiger partial charge on any atom is 0.151 e. The molecule has 1 fully saturated rings. The van der Waals surface area contributed by atoms with Gasteiger partial charge >= 0.3 is 0 Å². The molecule has 78 valence electrons. The number of carbonyl (C=O) groups excluding carboxylic acids is 3. The zero-order valence-corrected chi connectivity index (χ0v) is 8.87. The molecule has 0 aromatic carbocycles. The highest BCUT2D eigenvalue weighted by atomic mass is 16.2. The fraction of sp³-hybridized carbons (Fsp3) is 0.727. The molecule has 0 aromatic rings. The Kier molecular flexibility index (Phi) is 3.19. The van der Waals surface area contributed by atoms with E-state index in [4.69, 9.17) is 0 Å². The van der Waals surface area contributed by atoms with E-state index in [0.717, 1.165) is 0 Å². The van der Waals surface area contributed by atoms with Crippen LogP contribution in [0.15, 0.2) is 0 Å². The van der Waals surface area contributed by atoms with Crippen LogP contribution in [0.1, 0.15) is 33.6 Å². The van der Waals surface area contributed by atoms with E-state index in [-0.39, 0.29) is 23.3 Å². The van der Waals surface area contributed by atoms with Gasteiger partial charge in [0.05, 0.1) is 0 Å². The van der Waals surface area contributed by atoms with Gasteiger partial charge in [-0.2, -0.15) is 0 Å². The summed E-state index contributed by atoms with van der Waals surface area (Å²) in [7, 11) is 0. The standard InChI is InChI=1S/C11H16O3/c1-6(2)8-4-9(13)11(7(3)12)10(14)5-8/h6,8,11H,4-5H2,1-3H3. The summed E-state index contributed by atoms with van der Waals surface area (Å²) in [6, 6.07) is 0. The normalized spacial score (nSPS) is 28.3. The smallest absolute Gasteiger partial charge is 0.151 e. The molecule has 3 heteroatoms. The highest BCUT2D eigenvalue weighted by Crippen LogP contribution is 2.29. The van der Waals surface area contributed by atoms with Gasteiger partial charge in [-0.25, -0.2) is 0 Å². The predicted octanol–water partition coefficient (Wildman–Crippen LogP) is 1.40. The summed E-state index contributed by atoms with van der Waals surface area (Å²) in [6.07, 6.45) is 0.765. The van der Waals surface area contributed by atoms with Crippen LogP contribution < -0.4 is 0 Å². The Morgan fingerprint density at radius 3 is 1.93 bits per heavy atom. The monoisotopic (exact) mass is 196 g/mol. The summed E-state index contributed by atoms with van der Waals surface area (Å²) in [6.45, 7) is 5.31. The number of hydrogen-bond donors (Lipinski definition) is 0. The lowest BCUT2D eigenvalue weighted by molar-refractivity contribution is -0.143. The SMILES string of the molecule is CC(=O)C1C(=O)CC(C(C)C)CC1=O. The van der Waals surface area contributed by atoms with Crippen LogP contribution in [-0.4, -0.2) is 17.3 Å². The van der Waals surface area contributed by atoms with Crippen LogP contribution in [0.5, 0.6) is 0 Å². The van der Waals surface area contributed by atoms with Gasteiger partial charge < -0.3 is 0 Å². The lowest BCUT2D eigenvalue weighted by atomic mass is 9.74. The van der Waals surface area contributed by atoms with Crippen molar-refractivity contribution in [2.45, 2.75) is 33.6 Å². The van der Waals surface area contributed by atoms with Crippen LogP contribution >= 0.6 is 0 Å². The van der Waals surface area contributed by atoms with Crippen LogP contribution in [0, 0.1) is 17.8 Å². The lowest BCUT2D eigenvalue weighted by Crippen LogP contribution is -2.38. The Morgan fingerprint density at radius 1 is 1.21 bits per heavy atom. The van der Waals surface area contributed by atoms with Crippen molar-refractivity contribution in [2.24, 2.45) is 17.8 Å². The van der Waals surface area contributed by atoms with Gasteiger partial charge in [-0.15, -0.1) is 0 Å². The van der Waals surface area contributed by atoms with Gasteiger partial charge in [0, 0.05) is 12.8 Å². The average molecular weight is 196 g/mol. The van der Waals surface area contributed by atoms with Gasteiger partial charge in [0.15, 0.2) is 11.6 Å². The molecule has 1 saturated carbocycles. The molecule has 0 spiro atoms. The molecule has 3 nitrogen and oxygen atoms in total. The molecule has 14 heavy (non-hydrogen) atoms. The molecule has 0 N–H and O–H groups in total. The first kappa shape index (κ1) is 11.1. The van der Waals surface area contributed by atoms with E-state index in [1.807, 2.05) is 13.8 Å². The average Bonchev–Trinajstić information content (AvgIpc) is 2.01. The minimum absolute atomic E-state index is 0.130. The maximum atomic E-state index is 11.5. The van der Waals surface area contributed by atoms with Crippen LogP contribution in [0.2, 0.25) is 0 Å². The molecule has 0 bridgehead atoms. The Morgan fingerprint density at radius 2 is 1.64 bits per heavy atom. The summed E-state index contributed by atoms with van der Waals surface area (Å²) in [4.78, 5) is 34.1. The number of rotatable bonds is 2. The van der Waals surface area contributed by atoms with Crippen molar-refractivity contribution >= 4 is 17.3 Å². The summed E-state index contributed by atoms with van der Waals surface area (Å²) in [5, 5.41) is 0. The summed E-state index contributed by atoms with van der Waals surface area (Å²) < 4.78 is 0. The minimum atomic E-state index is -0.954. The molecule has 0 heterocycles. The van der Waals surface area contributed by atoms with Gasteiger partial charge in [-0.05, 0) is 18.8 Å². The number of carbonyl (C=O) groups is 3. The van der Waals surface area contributed by atoms with Gasteiger partial charge in [-0.3, -0.25) is 14.4 Å². The van der Waals surface area contributed by atoms with Crippen molar-refractivity contribution in [2.75, 3.05) is 0 Å². The Hall–Kier alpha value is -0.990. The summed E-state index contributed by atoms with van der Waals surface area (Å²) in [5.74, 6) is -1.17. The van der Waals surface area contributed by atoms with Crippen molar-refractivity contribution < 1.29 is 14.4 Å². The summed E-state index contributed by atoms with van der Waals surface area (Å²) >= 11 is 0. The van der Waals surface area contributed by atoms with Crippen molar-refractivity contribution in [3.8, 4) is 0 Å². The second-order valence-electron chi connectivity index (χ2n) is 4.39. The van der Waals surface area contributed by atoms with E-state index in [2.05, 4.69) is 0 Å². The molecule has 0 saturated heterocycles. The van der Waals surface area contributed by atoms with E-state index in [1.165, 1.54) is 6.92 Å². The maximum absolute atomic E-state index is 11.5. The third-order valence-corrected chi connectivity index (χ3v) is 2.92. The molecule has 0 amide bonds. The van der Waals surface area contributed by atoms with Crippen molar-refractivity contribution in [1.29, 1.82) is 0 Å². The topological polar surface area (TPSA) is 51.2 Å². The van der Waals surface area contributed by atoms with Gasteiger partial charge in [0.25, 0.3) is 0 Å². The fourth-order valence-electron chi connectivity index (χ4n) is 1.93. The summed E-state index contributed by atoms with van der Waals surface area (Å²) in [5.41, 5.74) is 0. The van der Waals surface area contributed by atoms with Crippen LogP contribution in [0.4, 0.5) is 0 Å². The molecular formula is C11H16O3. The molecule has 0 aromatic heterocycles. The van der Waals surface area contributed by atoms with E-state index in [1.54, 1.807) is 0 Å². The Labute approximate surface area is 83.9 Å². The highest BCUT2D eigenvalue weighted by Gasteiger charge is 2.38. The van der Waals surface area contributed by atoms with Crippen molar-refractivity contribution in [1.82, 2.24) is 0 Å². The quantitative estimate of drug-likeness (QED) is 0.627. The first-order valence-corrected chi connectivity index (χ1v) is 4.99. The zero-order valence-electron chi connectivity index (χ0n) is 8.87. The molecule has 1 aliphatic carbocycles.